The van der Waals surface area contributed by atoms with Crippen molar-refractivity contribution < 1.29 is 13.2 Å². The highest BCUT2D eigenvalue weighted by molar-refractivity contribution is 7.88. The lowest BCUT2D eigenvalue weighted by molar-refractivity contribution is 0.101. The van der Waals surface area contributed by atoms with Gasteiger partial charge in [0.05, 0.1) is 0 Å². The van der Waals surface area contributed by atoms with E-state index < -0.39 is 10.0 Å². The van der Waals surface area contributed by atoms with E-state index >= 15 is 0 Å². The maximum Gasteiger partial charge on any atom is 0.215 e. The van der Waals surface area contributed by atoms with E-state index in [2.05, 4.69) is 4.98 Å². The molecule has 1 aromatic heterocycles. The van der Waals surface area contributed by atoms with Crippen molar-refractivity contribution in [3.05, 3.63) is 15.6 Å². The number of sulfonamides is 1. The minimum atomic E-state index is -3.57. The van der Waals surface area contributed by atoms with Gasteiger partial charge in [0.15, 0.2) is 5.78 Å². The second-order valence-electron chi connectivity index (χ2n) is 2.88. The Balaban J connectivity index is 3.04. The summed E-state index contributed by atoms with van der Waals surface area (Å²) in [6.45, 7) is 3.11. The van der Waals surface area contributed by atoms with Gasteiger partial charge in [-0.25, -0.2) is 18.5 Å². The summed E-state index contributed by atoms with van der Waals surface area (Å²) in [7, 11) is -3.57. The van der Waals surface area contributed by atoms with Gasteiger partial charge in [0.2, 0.25) is 10.0 Å². The van der Waals surface area contributed by atoms with Crippen molar-refractivity contribution in [1.29, 1.82) is 0 Å². The molecule has 0 aromatic carbocycles. The Morgan fingerprint density at radius 3 is 2.50 bits per heavy atom. The van der Waals surface area contributed by atoms with Gasteiger partial charge < -0.3 is 0 Å². The van der Waals surface area contributed by atoms with Gasteiger partial charge in [-0.3, -0.25) is 4.79 Å². The number of Topliss-reactive ketones (excluding diaryl/α,β-unsaturated/α-hetero) is 1. The van der Waals surface area contributed by atoms with Gasteiger partial charge in [0.25, 0.3) is 0 Å². The van der Waals surface area contributed by atoms with Crippen molar-refractivity contribution in [2.24, 2.45) is 5.14 Å². The number of ketones is 1. The van der Waals surface area contributed by atoms with Gasteiger partial charge >= 0.3 is 0 Å². The lowest BCUT2D eigenvalue weighted by Gasteiger charge is -1.90. The van der Waals surface area contributed by atoms with E-state index in [0.29, 0.717) is 10.7 Å². The summed E-state index contributed by atoms with van der Waals surface area (Å²) >= 11 is 1.18. The third kappa shape index (κ3) is 2.86. The molecule has 0 aliphatic rings. The van der Waals surface area contributed by atoms with Crippen LogP contribution in [0, 0.1) is 6.92 Å². The molecule has 0 atom stereocenters. The SMILES string of the molecule is CC(=O)c1nc(CS(N)(=O)=O)sc1C. The quantitative estimate of drug-likeness (QED) is 0.768. The summed E-state index contributed by atoms with van der Waals surface area (Å²) in [5.41, 5.74) is 0.327. The predicted molar refractivity (Wildman–Crippen MR) is 53.7 cm³/mol. The molecule has 0 saturated heterocycles. The highest BCUT2D eigenvalue weighted by Gasteiger charge is 2.14. The van der Waals surface area contributed by atoms with Crippen molar-refractivity contribution in [3.63, 3.8) is 0 Å². The Bertz CT molecular complexity index is 461. The zero-order valence-electron chi connectivity index (χ0n) is 7.77. The van der Waals surface area contributed by atoms with Crippen LogP contribution in [0.5, 0.6) is 0 Å². The Morgan fingerprint density at radius 1 is 1.57 bits per heavy atom. The van der Waals surface area contributed by atoms with E-state index in [0.717, 1.165) is 4.88 Å². The van der Waals surface area contributed by atoms with Crippen molar-refractivity contribution in [2.75, 3.05) is 0 Å². The van der Waals surface area contributed by atoms with Gasteiger partial charge in [-0.1, -0.05) is 0 Å². The molecule has 0 saturated carbocycles. The number of hydrogen-bond donors (Lipinski definition) is 1. The van der Waals surface area contributed by atoms with Gasteiger partial charge in [0, 0.05) is 11.8 Å². The molecule has 1 rings (SSSR count). The Morgan fingerprint density at radius 2 is 2.14 bits per heavy atom. The van der Waals surface area contributed by atoms with Gasteiger partial charge in [-0.05, 0) is 6.92 Å². The Hall–Kier alpha value is -0.790. The van der Waals surface area contributed by atoms with Crippen LogP contribution in [0.4, 0.5) is 0 Å². The van der Waals surface area contributed by atoms with Gasteiger partial charge in [-0.15, -0.1) is 11.3 Å². The molecule has 0 radical (unpaired) electrons. The van der Waals surface area contributed by atoms with Crippen LogP contribution in [-0.4, -0.2) is 19.2 Å². The number of nitrogens with zero attached hydrogens (tertiary/aromatic N) is 1. The molecule has 78 valence electrons. The summed E-state index contributed by atoms with van der Waals surface area (Å²) in [6, 6.07) is 0. The van der Waals surface area contributed by atoms with E-state index in [1.165, 1.54) is 18.3 Å². The molecular formula is C7H10N2O3S2. The van der Waals surface area contributed by atoms with Crippen LogP contribution in [0.25, 0.3) is 0 Å². The second kappa shape index (κ2) is 3.76. The van der Waals surface area contributed by atoms with Crippen LogP contribution in [0.3, 0.4) is 0 Å². The molecule has 1 aromatic rings. The van der Waals surface area contributed by atoms with E-state index in [4.69, 9.17) is 5.14 Å². The molecule has 14 heavy (non-hydrogen) atoms. The van der Waals surface area contributed by atoms with Crippen molar-refractivity contribution in [1.82, 2.24) is 4.98 Å². The molecule has 7 heteroatoms. The van der Waals surface area contributed by atoms with Crippen LogP contribution in [-0.2, 0) is 15.8 Å². The second-order valence-corrected chi connectivity index (χ2v) is 5.78. The number of nitrogens with two attached hydrogens (primary N) is 1. The highest BCUT2D eigenvalue weighted by Crippen LogP contribution is 2.19. The van der Waals surface area contributed by atoms with Gasteiger partial charge in [-0.2, -0.15) is 0 Å². The van der Waals surface area contributed by atoms with Crippen LogP contribution < -0.4 is 5.14 Å². The first-order valence-electron chi connectivity index (χ1n) is 3.77. The maximum atomic E-state index is 11.0. The molecule has 5 nitrogen and oxygen atoms in total. The Kier molecular flexibility index (Phi) is 3.03. The summed E-state index contributed by atoms with van der Waals surface area (Å²) in [5.74, 6) is -0.481. The minimum Gasteiger partial charge on any atom is -0.293 e. The fourth-order valence-corrected chi connectivity index (χ4v) is 2.93. The van der Waals surface area contributed by atoms with E-state index in [1.54, 1.807) is 6.92 Å². The molecule has 0 bridgehead atoms. The van der Waals surface area contributed by atoms with Crippen molar-refractivity contribution in [3.8, 4) is 0 Å². The molecular weight excluding hydrogens is 224 g/mol. The predicted octanol–water partition coefficient (Wildman–Crippen LogP) is 0.443. The Labute approximate surface area is 86.0 Å². The number of aryl methyl sites for hydroxylation is 1. The third-order valence-electron chi connectivity index (χ3n) is 1.50. The number of carbonyl (C=O) groups is 1. The highest BCUT2D eigenvalue weighted by atomic mass is 32.2. The molecule has 0 aliphatic heterocycles. The first kappa shape index (κ1) is 11.3. The topological polar surface area (TPSA) is 90.1 Å². The standard InChI is InChI=1S/C7H10N2O3S2/c1-4(10)7-5(2)13-6(9-7)3-14(8,11)12/h3H2,1-2H3,(H2,8,11,12). The number of aromatic nitrogens is 1. The normalized spacial score (nSPS) is 11.6. The fourth-order valence-electron chi connectivity index (χ4n) is 1.01. The molecule has 0 amide bonds. The zero-order valence-corrected chi connectivity index (χ0v) is 9.41. The fraction of sp³-hybridized carbons (Fsp3) is 0.429. The average Bonchev–Trinajstić information content (AvgIpc) is 2.26. The minimum absolute atomic E-state index is 0.167. The number of thiazole rings is 1. The third-order valence-corrected chi connectivity index (χ3v) is 3.33. The summed E-state index contributed by atoms with van der Waals surface area (Å²) in [4.78, 5) is 15.6. The lowest BCUT2D eigenvalue weighted by atomic mass is 10.3. The molecule has 0 fully saturated rings. The van der Waals surface area contributed by atoms with Crippen LogP contribution in [0.1, 0.15) is 27.3 Å². The monoisotopic (exact) mass is 234 g/mol. The number of rotatable bonds is 3. The van der Waals surface area contributed by atoms with E-state index in [-0.39, 0.29) is 11.5 Å². The number of hydrogen-bond acceptors (Lipinski definition) is 5. The molecule has 1 heterocycles. The maximum absolute atomic E-state index is 11.0. The van der Waals surface area contributed by atoms with E-state index in [9.17, 15) is 13.2 Å². The first-order chi connectivity index (χ1) is 6.29. The molecule has 0 spiro atoms. The molecule has 2 N–H and O–H groups in total. The van der Waals surface area contributed by atoms with Gasteiger partial charge in [0.1, 0.15) is 16.5 Å². The van der Waals surface area contributed by atoms with Crippen LogP contribution in [0.2, 0.25) is 0 Å². The summed E-state index contributed by atoms with van der Waals surface area (Å²) in [6.07, 6.45) is 0. The molecule has 0 aliphatic carbocycles. The van der Waals surface area contributed by atoms with E-state index in [1.807, 2.05) is 0 Å². The average molecular weight is 234 g/mol. The number of carbonyl (C=O) groups excluding carboxylic acids is 1. The largest absolute Gasteiger partial charge is 0.293 e. The smallest absolute Gasteiger partial charge is 0.215 e. The first-order valence-corrected chi connectivity index (χ1v) is 6.30. The lowest BCUT2D eigenvalue weighted by Crippen LogP contribution is -2.14. The van der Waals surface area contributed by atoms with Crippen molar-refractivity contribution >= 4 is 27.1 Å². The van der Waals surface area contributed by atoms with Crippen molar-refractivity contribution in [2.45, 2.75) is 19.6 Å². The summed E-state index contributed by atoms with van der Waals surface area (Å²) < 4.78 is 21.5. The summed E-state index contributed by atoms with van der Waals surface area (Å²) in [5, 5.41) is 5.21. The van der Waals surface area contributed by atoms with Crippen LogP contribution >= 0.6 is 11.3 Å². The zero-order chi connectivity index (χ0) is 10.9. The molecule has 0 unspecified atom stereocenters. The van der Waals surface area contributed by atoms with Crippen LogP contribution in [0.15, 0.2) is 0 Å². The number of primary sulfonamides is 1.